The van der Waals surface area contributed by atoms with Gasteiger partial charge in [-0.3, -0.25) is 0 Å². The molecule has 21 heavy (non-hydrogen) atoms. The van der Waals surface area contributed by atoms with Crippen LogP contribution in [0.1, 0.15) is 0 Å². The van der Waals surface area contributed by atoms with Gasteiger partial charge in [-0.05, 0) is 6.07 Å². The van der Waals surface area contributed by atoms with Crippen LogP contribution in [0.4, 0.5) is 11.6 Å². The Bertz CT molecular complexity index is 756. The molecule has 0 bridgehead atoms. The molecule has 1 aromatic carbocycles. The summed E-state index contributed by atoms with van der Waals surface area (Å²) >= 11 is 0. The molecule has 10 heteroatoms. The van der Waals surface area contributed by atoms with E-state index >= 15 is 0 Å². The van der Waals surface area contributed by atoms with Crippen LogP contribution in [0.15, 0.2) is 23.4 Å². The molecule has 0 aliphatic carbocycles. The molecular formula is C11H15N5O4S. The molecule has 0 radical (unpaired) electrons. The van der Waals surface area contributed by atoms with Crippen LogP contribution in [-0.4, -0.2) is 37.4 Å². The van der Waals surface area contributed by atoms with Crippen LogP contribution >= 0.6 is 0 Å². The van der Waals surface area contributed by atoms with Crippen molar-refractivity contribution in [3.05, 3.63) is 18.5 Å². The topological polar surface area (TPSA) is 121 Å². The molecule has 1 heterocycles. The number of hydrogen-bond acceptors (Lipinski definition) is 7. The Labute approximate surface area is 121 Å². The van der Waals surface area contributed by atoms with Gasteiger partial charge in [0.25, 0.3) is 10.0 Å². The fourth-order valence-electron chi connectivity index (χ4n) is 1.67. The van der Waals surface area contributed by atoms with E-state index in [-0.39, 0.29) is 22.3 Å². The van der Waals surface area contributed by atoms with Gasteiger partial charge in [0, 0.05) is 13.1 Å². The first-order valence-electron chi connectivity index (χ1n) is 5.77. The van der Waals surface area contributed by atoms with Crippen molar-refractivity contribution >= 4 is 21.7 Å². The van der Waals surface area contributed by atoms with E-state index in [9.17, 15) is 8.42 Å². The van der Waals surface area contributed by atoms with Crippen molar-refractivity contribution < 1.29 is 17.9 Å². The second-order valence-electron chi connectivity index (χ2n) is 4.06. The number of methoxy groups -OCH3 is 2. The molecule has 0 amide bonds. The fraction of sp³-hybridized carbons (Fsp3) is 0.273. The Morgan fingerprint density at radius 3 is 2.43 bits per heavy atom. The lowest BCUT2D eigenvalue weighted by Gasteiger charge is -2.13. The number of nitrogens with zero attached hydrogens (tertiary/aromatic N) is 3. The number of rotatable bonds is 5. The van der Waals surface area contributed by atoms with Crippen LogP contribution in [0.5, 0.6) is 11.5 Å². The monoisotopic (exact) mass is 313 g/mol. The summed E-state index contributed by atoms with van der Waals surface area (Å²) in [5.41, 5.74) is 5.93. The Balaban J connectivity index is 2.49. The van der Waals surface area contributed by atoms with Crippen LogP contribution < -0.4 is 19.9 Å². The predicted octanol–water partition coefficient (Wildman–Crippen LogP) is 0.215. The molecule has 0 spiro atoms. The van der Waals surface area contributed by atoms with E-state index < -0.39 is 10.0 Å². The van der Waals surface area contributed by atoms with Gasteiger partial charge in [0.15, 0.2) is 0 Å². The van der Waals surface area contributed by atoms with Crippen LogP contribution in [0.2, 0.25) is 0 Å². The highest BCUT2D eigenvalue weighted by atomic mass is 32.2. The molecule has 0 aliphatic rings. The van der Waals surface area contributed by atoms with Crippen LogP contribution in [0, 0.1) is 0 Å². The van der Waals surface area contributed by atoms with Gasteiger partial charge in [0.2, 0.25) is 5.95 Å². The number of benzene rings is 1. The molecule has 0 unspecified atom stereocenters. The Morgan fingerprint density at radius 1 is 1.24 bits per heavy atom. The van der Waals surface area contributed by atoms with E-state index in [4.69, 9.17) is 15.2 Å². The molecule has 0 fully saturated rings. The predicted molar refractivity (Wildman–Crippen MR) is 75.8 cm³/mol. The molecule has 2 aromatic rings. The van der Waals surface area contributed by atoms with Crippen molar-refractivity contribution in [3.8, 4) is 11.5 Å². The fourth-order valence-corrected chi connectivity index (χ4v) is 2.89. The Morgan fingerprint density at radius 2 is 1.90 bits per heavy atom. The maximum Gasteiger partial charge on any atom is 0.267 e. The zero-order chi connectivity index (χ0) is 15.6. The third-order valence-corrected chi connectivity index (χ3v) is 4.09. The maximum atomic E-state index is 12.4. The average Bonchev–Trinajstić information content (AvgIpc) is 2.83. The zero-order valence-corrected chi connectivity index (χ0v) is 12.5. The second kappa shape index (κ2) is 5.48. The SMILES string of the molecule is COc1cc(OC)c(S(=O)(=O)Nc2ncnn2C)cc1N. The van der Waals surface area contributed by atoms with E-state index in [1.54, 1.807) is 7.05 Å². The van der Waals surface area contributed by atoms with E-state index in [0.29, 0.717) is 5.75 Å². The number of nitrogens with one attached hydrogen (secondary N) is 1. The highest BCUT2D eigenvalue weighted by Crippen LogP contribution is 2.34. The number of aromatic nitrogens is 3. The standard InChI is InChI=1S/C11H15N5O4S/c1-16-11(13-6-14-16)15-21(17,18)10-4-7(12)8(19-2)5-9(10)20-3/h4-6H,12H2,1-3H3,(H,13,14,15). The lowest BCUT2D eigenvalue weighted by Crippen LogP contribution is -2.17. The minimum Gasteiger partial charge on any atom is -0.495 e. The van der Waals surface area contributed by atoms with Gasteiger partial charge in [-0.15, -0.1) is 0 Å². The van der Waals surface area contributed by atoms with Crippen LogP contribution in [-0.2, 0) is 17.1 Å². The summed E-state index contributed by atoms with van der Waals surface area (Å²) < 4.78 is 38.5. The molecular weight excluding hydrogens is 298 g/mol. The van der Waals surface area contributed by atoms with E-state index in [2.05, 4.69) is 14.8 Å². The van der Waals surface area contributed by atoms with Crippen molar-refractivity contribution in [3.63, 3.8) is 0 Å². The quantitative estimate of drug-likeness (QED) is 0.757. The lowest BCUT2D eigenvalue weighted by atomic mass is 10.3. The zero-order valence-electron chi connectivity index (χ0n) is 11.7. The molecule has 9 nitrogen and oxygen atoms in total. The first-order valence-corrected chi connectivity index (χ1v) is 7.25. The number of sulfonamides is 1. The largest absolute Gasteiger partial charge is 0.495 e. The van der Waals surface area contributed by atoms with Crippen molar-refractivity contribution in [1.82, 2.24) is 14.8 Å². The summed E-state index contributed by atoms with van der Waals surface area (Å²) in [7, 11) is 0.411. The lowest BCUT2D eigenvalue weighted by molar-refractivity contribution is 0.387. The van der Waals surface area contributed by atoms with Crippen molar-refractivity contribution in [2.45, 2.75) is 4.90 Å². The van der Waals surface area contributed by atoms with E-state index in [1.807, 2.05) is 0 Å². The highest BCUT2D eigenvalue weighted by Gasteiger charge is 2.23. The second-order valence-corrected chi connectivity index (χ2v) is 5.71. The first kappa shape index (κ1) is 14.9. The molecule has 0 aliphatic heterocycles. The molecule has 0 saturated heterocycles. The Hall–Kier alpha value is -2.49. The minimum absolute atomic E-state index is 0.0754. The van der Waals surface area contributed by atoms with Gasteiger partial charge in [-0.2, -0.15) is 10.1 Å². The van der Waals surface area contributed by atoms with Crippen LogP contribution in [0.25, 0.3) is 0 Å². The van der Waals surface area contributed by atoms with Gasteiger partial charge in [-0.25, -0.2) is 17.8 Å². The van der Waals surface area contributed by atoms with Gasteiger partial charge in [0.1, 0.15) is 22.7 Å². The third kappa shape index (κ3) is 2.84. The van der Waals surface area contributed by atoms with E-state index in [1.165, 1.54) is 37.4 Å². The number of nitrogens with two attached hydrogens (primary N) is 1. The van der Waals surface area contributed by atoms with Gasteiger partial charge >= 0.3 is 0 Å². The summed E-state index contributed by atoms with van der Waals surface area (Å²) in [5, 5.41) is 3.78. The summed E-state index contributed by atoms with van der Waals surface area (Å²) in [6, 6.07) is 2.66. The Kier molecular flexibility index (Phi) is 3.89. The number of anilines is 2. The number of aryl methyl sites for hydroxylation is 1. The molecule has 3 N–H and O–H groups in total. The van der Waals surface area contributed by atoms with Crippen LogP contribution in [0.3, 0.4) is 0 Å². The summed E-state index contributed by atoms with van der Waals surface area (Å²) in [6.07, 6.45) is 1.23. The molecule has 0 atom stereocenters. The third-order valence-electron chi connectivity index (χ3n) is 2.74. The minimum atomic E-state index is -3.93. The molecule has 2 rings (SSSR count). The van der Waals surface area contributed by atoms with Gasteiger partial charge in [0.05, 0.1) is 19.9 Å². The van der Waals surface area contributed by atoms with E-state index in [0.717, 1.165) is 0 Å². The number of hydrogen-bond donors (Lipinski definition) is 2. The van der Waals surface area contributed by atoms with Crippen molar-refractivity contribution in [2.75, 3.05) is 24.7 Å². The highest BCUT2D eigenvalue weighted by molar-refractivity contribution is 7.92. The van der Waals surface area contributed by atoms with Crippen molar-refractivity contribution in [1.29, 1.82) is 0 Å². The molecule has 114 valence electrons. The maximum absolute atomic E-state index is 12.4. The van der Waals surface area contributed by atoms with Gasteiger partial charge < -0.3 is 15.2 Å². The van der Waals surface area contributed by atoms with Crippen molar-refractivity contribution in [2.24, 2.45) is 7.05 Å². The summed E-state index contributed by atoms with van der Waals surface area (Å²) in [4.78, 5) is 3.68. The van der Waals surface area contributed by atoms with Gasteiger partial charge in [-0.1, -0.05) is 0 Å². The molecule has 0 saturated carbocycles. The summed E-state index contributed by atoms with van der Waals surface area (Å²) in [6.45, 7) is 0. The smallest absolute Gasteiger partial charge is 0.267 e. The summed E-state index contributed by atoms with van der Waals surface area (Å²) in [5.74, 6) is 0.506. The number of ether oxygens (including phenoxy) is 2. The normalized spacial score (nSPS) is 11.2. The molecule has 1 aromatic heterocycles. The first-order chi connectivity index (χ1) is 9.89. The number of nitrogen functional groups attached to an aromatic ring is 1. The average molecular weight is 313 g/mol.